The highest BCUT2D eigenvalue weighted by atomic mass is 16.5. The summed E-state index contributed by atoms with van der Waals surface area (Å²) < 4.78 is 5.04. The Hall–Kier alpha value is -1.82. The molecule has 1 fully saturated rings. The minimum atomic E-state index is -0.588. The van der Waals surface area contributed by atoms with Gasteiger partial charge in [0.15, 0.2) is 0 Å². The van der Waals surface area contributed by atoms with Crippen LogP contribution in [0.25, 0.3) is 0 Å². The molecule has 1 aliphatic rings. The number of amides is 2. The van der Waals surface area contributed by atoms with Crippen LogP contribution in [0.2, 0.25) is 0 Å². The van der Waals surface area contributed by atoms with Gasteiger partial charge in [-0.2, -0.15) is 0 Å². The van der Waals surface area contributed by atoms with Crippen LogP contribution in [0.5, 0.6) is 0 Å². The van der Waals surface area contributed by atoms with Crippen molar-refractivity contribution in [2.45, 2.75) is 39.5 Å². The average Bonchev–Trinajstić information content (AvgIpc) is 2.78. The van der Waals surface area contributed by atoms with Gasteiger partial charge in [0.2, 0.25) is 0 Å². The van der Waals surface area contributed by atoms with Gasteiger partial charge in [0.25, 0.3) is 5.91 Å². The van der Waals surface area contributed by atoms with Gasteiger partial charge in [-0.15, -0.1) is 0 Å². The Morgan fingerprint density at radius 3 is 2.41 bits per heavy atom. The van der Waals surface area contributed by atoms with E-state index in [4.69, 9.17) is 4.74 Å². The molecule has 2 N–H and O–H groups in total. The Balaban J connectivity index is 2.21. The molecule has 0 bridgehead atoms. The van der Waals surface area contributed by atoms with E-state index in [-0.39, 0.29) is 19.1 Å². The predicted octanol–water partition coefficient (Wildman–Crippen LogP) is 2.14. The fourth-order valence-corrected chi connectivity index (χ4v) is 2.19. The van der Waals surface area contributed by atoms with Crippen molar-refractivity contribution in [3.8, 4) is 0 Å². The summed E-state index contributed by atoms with van der Waals surface area (Å²) in [6.45, 7) is 5.63. The van der Waals surface area contributed by atoms with E-state index in [0.717, 1.165) is 31.5 Å². The van der Waals surface area contributed by atoms with Crippen molar-refractivity contribution < 1.29 is 14.3 Å². The van der Waals surface area contributed by atoms with Crippen LogP contribution in [0, 0.1) is 0 Å². The third-order valence-electron chi connectivity index (χ3n) is 3.40. The number of alkyl carbamates (subject to hydrolysis) is 1. The van der Waals surface area contributed by atoms with E-state index in [1.54, 1.807) is 0 Å². The third kappa shape index (κ3) is 7.83. The topological polar surface area (TPSA) is 70.7 Å². The van der Waals surface area contributed by atoms with Crippen molar-refractivity contribution in [3.63, 3.8) is 0 Å². The summed E-state index contributed by atoms with van der Waals surface area (Å²) in [4.78, 5) is 23.3. The molecule has 1 saturated heterocycles. The lowest BCUT2D eigenvalue weighted by molar-refractivity contribution is -0.125. The number of rotatable bonds is 6. The first-order valence-electron chi connectivity index (χ1n) is 7.88. The van der Waals surface area contributed by atoms with Crippen LogP contribution in [-0.2, 0) is 9.53 Å². The summed E-state index contributed by atoms with van der Waals surface area (Å²) in [5.74, 6) is -0.224. The molecule has 0 saturated carbocycles. The van der Waals surface area contributed by atoms with E-state index < -0.39 is 6.09 Å². The Bertz CT molecular complexity index is 411. The summed E-state index contributed by atoms with van der Waals surface area (Å²) in [6, 6.07) is 0. The first-order chi connectivity index (χ1) is 10.7. The third-order valence-corrected chi connectivity index (χ3v) is 3.40. The van der Waals surface area contributed by atoms with E-state index in [1.165, 1.54) is 12.8 Å². The second-order valence-corrected chi connectivity index (χ2v) is 5.23. The molecule has 0 radical (unpaired) electrons. The van der Waals surface area contributed by atoms with Crippen LogP contribution < -0.4 is 10.7 Å². The summed E-state index contributed by atoms with van der Waals surface area (Å²) in [6.07, 6.45) is 9.63. The molecule has 0 aromatic carbocycles. The van der Waals surface area contributed by atoms with E-state index in [0.29, 0.717) is 0 Å². The Morgan fingerprint density at radius 1 is 1.14 bits per heavy atom. The summed E-state index contributed by atoms with van der Waals surface area (Å²) in [5.41, 5.74) is 3.72. The van der Waals surface area contributed by atoms with Crippen molar-refractivity contribution in [2.24, 2.45) is 0 Å². The van der Waals surface area contributed by atoms with Crippen LogP contribution in [0.3, 0.4) is 0 Å². The maximum Gasteiger partial charge on any atom is 0.407 e. The molecule has 1 heterocycles. The fraction of sp³-hybridized carbons (Fsp3) is 0.625. The number of hydrazine groups is 1. The zero-order valence-electron chi connectivity index (χ0n) is 13.6. The van der Waals surface area contributed by atoms with Crippen LogP contribution >= 0.6 is 0 Å². The van der Waals surface area contributed by atoms with Crippen molar-refractivity contribution in [2.75, 3.05) is 26.2 Å². The quantitative estimate of drug-likeness (QED) is 0.738. The number of carbonyl (C=O) groups is 2. The summed E-state index contributed by atoms with van der Waals surface area (Å²) >= 11 is 0. The monoisotopic (exact) mass is 309 g/mol. The van der Waals surface area contributed by atoms with Gasteiger partial charge in [-0.25, -0.2) is 9.80 Å². The van der Waals surface area contributed by atoms with Gasteiger partial charge in [0.05, 0.1) is 0 Å². The van der Waals surface area contributed by atoms with Gasteiger partial charge >= 0.3 is 6.09 Å². The van der Waals surface area contributed by atoms with Gasteiger partial charge < -0.3 is 10.1 Å². The Kier molecular flexibility index (Phi) is 8.98. The molecule has 124 valence electrons. The molecule has 0 aromatic rings. The van der Waals surface area contributed by atoms with Crippen LogP contribution in [-0.4, -0.2) is 43.3 Å². The van der Waals surface area contributed by atoms with Gasteiger partial charge in [-0.3, -0.25) is 10.2 Å². The summed E-state index contributed by atoms with van der Waals surface area (Å²) in [5, 5.41) is 4.38. The minimum Gasteiger partial charge on any atom is -0.445 e. The van der Waals surface area contributed by atoms with Crippen LogP contribution in [0.1, 0.15) is 39.5 Å². The van der Waals surface area contributed by atoms with Crippen molar-refractivity contribution in [1.82, 2.24) is 15.8 Å². The van der Waals surface area contributed by atoms with Gasteiger partial charge in [0, 0.05) is 13.1 Å². The van der Waals surface area contributed by atoms with E-state index in [1.807, 2.05) is 37.1 Å². The number of ether oxygens (including phenoxy) is 1. The Morgan fingerprint density at radius 2 is 1.82 bits per heavy atom. The maximum absolute atomic E-state index is 11.8. The molecule has 22 heavy (non-hydrogen) atoms. The maximum atomic E-state index is 11.8. The van der Waals surface area contributed by atoms with Gasteiger partial charge in [-0.1, -0.05) is 31.1 Å². The molecule has 0 unspecified atom stereocenters. The Labute approximate surface area is 132 Å². The second kappa shape index (κ2) is 10.8. The summed E-state index contributed by atoms with van der Waals surface area (Å²) in [7, 11) is 0. The molecular formula is C16H27N3O3. The number of nitrogens with one attached hydrogen (secondary N) is 2. The van der Waals surface area contributed by atoms with Crippen molar-refractivity contribution in [1.29, 1.82) is 0 Å². The zero-order valence-corrected chi connectivity index (χ0v) is 13.6. The molecule has 0 aromatic heterocycles. The zero-order chi connectivity index (χ0) is 16.2. The predicted molar refractivity (Wildman–Crippen MR) is 86.1 cm³/mol. The van der Waals surface area contributed by atoms with Crippen molar-refractivity contribution in [3.05, 3.63) is 23.8 Å². The highest BCUT2D eigenvalue weighted by molar-refractivity contribution is 5.81. The standard InChI is InChI=1S/C16H27N3O3/c1-3-9-14(4-2)13-22-16(21)17-12-15(20)18-19-10-7-5-6-8-11-19/h3-4,9H,5-8,10-13H2,1-2H3,(H,17,21)(H,18,20). The lowest BCUT2D eigenvalue weighted by Crippen LogP contribution is -2.47. The van der Waals surface area contributed by atoms with Crippen LogP contribution in [0.4, 0.5) is 4.79 Å². The molecule has 0 aliphatic carbocycles. The highest BCUT2D eigenvalue weighted by Gasteiger charge is 2.12. The SMILES string of the molecule is CC=CC(=CC)COC(=O)NCC(=O)NN1CCCCCC1. The second-order valence-electron chi connectivity index (χ2n) is 5.23. The number of hydrogen-bond donors (Lipinski definition) is 2. The van der Waals surface area contributed by atoms with E-state index in [2.05, 4.69) is 10.7 Å². The molecule has 1 aliphatic heterocycles. The molecule has 2 amide bonds. The van der Waals surface area contributed by atoms with E-state index in [9.17, 15) is 9.59 Å². The van der Waals surface area contributed by atoms with Crippen LogP contribution in [0.15, 0.2) is 23.8 Å². The highest BCUT2D eigenvalue weighted by Crippen LogP contribution is 2.07. The number of allylic oxidation sites excluding steroid dienone is 2. The lowest BCUT2D eigenvalue weighted by Gasteiger charge is -2.20. The molecule has 0 spiro atoms. The molecule has 1 rings (SSSR count). The largest absolute Gasteiger partial charge is 0.445 e. The average molecular weight is 309 g/mol. The first-order valence-corrected chi connectivity index (χ1v) is 7.88. The van der Waals surface area contributed by atoms with Gasteiger partial charge in [0.1, 0.15) is 13.2 Å². The number of nitrogens with zero attached hydrogens (tertiary/aromatic N) is 1. The lowest BCUT2D eigenvalue weighted by atomic mass is 10.2. The molecular weight excluding hydrogens is 282 g/mol. The normalized spacial score (nSPS) is 17.1. The fourth-order valence-electron chi connectivity index (χ4n) is 2.19. The number of carbonyl (C=O) groups excluding carboxylic acids is 2. The molecule has 6 nitrogen and oxygen atoms in total. The van der Waals surface area contributed by atoms with E-state index >= 15 is 0 Å². The van der Waals surface area contributed by atoms with Crippen molar-refractivity contribution >= 4 is 12.0 Å². The smallest absolute Gasteiger partial charge is 0.407 e. The molecule has 0 atom stereocenters. The number of hydrogen-bond acceptors (Lipinski definition) is 4. The minimum absolute atomic E-state index is 0.0792. The molecule has 6 heteroatoms. The van der Waals surface area contributed by atoms with Gasteiger partial charge in [-0.05, 0) is 32.3 Å². The first kappa shape index (κ1) is 18.2.